The number of para-hydroxylation sites is 1. The number of halogens is 1. The zero-order chi connectivity index (χ0) is 21.8. The Labute approximate surface area is 181 Å². The van der Waals surface area contributed by atoms with Crippen molar-refractivity contribution < 1.29 is 13.9 Å². The van der Waals surface area contributed by atoms with E-state index in [0.717, 1.165) is 33.5 Å². The van der Waals surface area contributed by atoms with Gasteiger partial charge < -0.3 is 14.6 Å². The number of H-pyrrole nitrogens is 1. The second kappa shape index (κ2) is 9.04. The second-order valence-electron chi connectivity index (χ2n) is 7.59. The molecule has 158 valence electrons. The number of benzene rings is 3. The molecule has 0 aliphatic heterocycles. The van der Waals surface area contributed by atoms with Crippen LogP contribution in [0.2, 0.25) is 0 Å². The van der Waals surface area contributed by atoms with Gasteiger partial charge in [-0.1, -0.05) is 36.4 Å². The number of aryl methyl sites for hydroxylation is 1. The highest BCUT2D eigenvalue weighted by Crippen LogP contribution is 2.32. The van der Waals surface area contributed by atoms with Crippen LogP contribution in [0.15, 0.2) is 72.8 Å². The molecule has 0 aliphatic carbocycles. The Kier molecular flexibility index (Phi) is 6.03. The van der Waals surface area contributed by atoms with Crippen LogP contribution in [0.25, 0.3) is 22.2 Å². The first-order valence-corrected chi connectivity index (χ1v) is 10.3. The van der Waals surface area contributed by atoms with E-state index in [2.05, 4.69) is 11.1 Å². The Morgan fingerprint density at radius 1 is 1.00 bits per heavy atom. The van der Waals surface area contributed by atoms with Gasteiger partial charge in [-0.15, -0.1) is 0 Å². The minimum atomic E-state index is -0.291. The Bertz CT molecular complexity index is 1200. The molecule has 0 aliphatic rings. The van der Waals surface area contributed by atoms with E-state index in [1.165, 1.54) is 6.07 Å². The van der Waals surface area contributed by atoms with Crippen molar-refractivity contribution in [2.24, 2.45) is 0 Å². The molecule has 4 rings (SSSR count). The van der Waals surface area contributed by atoms with Crippen molar-refractivity contribution in [2.75, 3.05) is 14.2 Å². The molecule has 0 spiro atoms. The second-order valence-corrected chi connectivity index (χ2v) is 7.59. The minimum absolute atomic E-state index is 0.0192. The molecule has 3 aromatic carbocycles. The van der Waals surface area contributed by atoms with E-state index in [0.29, 0.717) is 18.4 Å². The van der Waals surface area contributed by atoms with Crippen molar-refractivity contribution in [1.29, 1.82) is 0 Å². The fourth-order valence-electron chi connectivity index (χ4n) is 3.86. The van der Waals surface area contributed by atoms with E-state index >= 15 is 0 Å². The van der Waals surface area contributed by atoms with E-state index < -0.39 is 0 Å². The van der Waals surface area contributed by atoms with E-state index in [1.807, 2.05) is 42.5 Å². The number of aromatic amines is 1. The summed E-state index contributed by atoms with van der Waals surface area (Å²) in [4.78, 5) is 17.9. The Morgan fingerprint density at radius 2 is 1.71 bits per heavy atom. The van der Waals surface area contributed by atoms with Crippen LogP contribution in [-0.4, -0.2) is 29.9 Å². The molecule has 0 saturated heterocycles. The number of hydrogen-bond donors (Lipinski definition) is 1. The van der Waals surface area contributed by atoms with Crippen LogP contribution in [-0.2, 0) is 17.8 Å². The number of ether oxygens (including phenoxy) is 1. The van der Waals surface area contributed by atoms with Gasteiger partial charge in [0.05, 0.1) is 7.11 Å². The van der Waals surface area contributed by atoms with Crippen LogP contribution in [0.5, 0.6) is 5.75 Å². The lowest BCUT2D eigenvalue weighted by Crippen LogP contribution is -2.26. The standard InChI is InChI=1S/C26H25FN2O2/c1-29(17-19-7-3-5-9-23(19)27)25(30)16-15-22-21-8-4-6-10-24(21)28-26(22)18-11-13-20(31-2)14-12-18/h3-14,28H,15-17H2,1-2H3. The summed E-state index contributed by atoms with van der Waals surface area (Å²) >= 11 is 0. The number of fused-ring (bicyclic) bond motifs is 1. The van der Waals surface area contributed by atoms with E-state index in [1.54, 1.807) is 37.3 Å². The zero-order valence-electron chi connectivity index (χ0n) is 17.7. The molecule has 4 nitrogen and oxygen atoms in total. The third-order valence-corrected chi connectivity index (χ3v) is 5.57. The molecular formula is C26H25FN2O2. The summed E-state index contributed by atoms with van der Waals surface area (Å²) in [5.41, 5.74) is 4.71. The first-order chi connectivity index (χ1) is 15.1. The monoisotopic (exact) mass is 416 g/mol. The number of nitrogens with zero attached hydrogens (tertiary/aromatic N) is 1. The number of aromatic nitrogens is 1. The molecular weight excluding hydrogens is 391 g/mol. The van der Waals surface area contributed by atoms with Crippen molar-refractivity contribution >= 4 is 16.8 Å². The van der Waals surface area contributed by atoms with Gasteiger partial charge in [0.25, 0.3) is 0 Å². The smallest absolute Gasteiger partial charge is 0.222 e. The predicted molar refractivity (Wildman–Crippen MR) is 121 cm³/mol. The molecule has 0 fully saturated rings. The first kappa shape index (κ1) is 20.7. The Balaban J connectivity index is 1.56. The highest BCUT2D eigenvalue weighted by atomic mass is 19.1. The largest absolute Gasteiger partial charge is 0.497 e. The van der Waals surface area contributed by atoms with Gasteiger partial charge in [-0.05, 0) is 53.9 Å². The molecule has 0 saturated carbocycles. The number of nitrogens with one attached hydrogen (secondary N) is 1. The van der Waals surface area contributed by atoms with Crippen molar-refractivity contribution in [3.05, 3.63) is 89.7 Å². The van der Waals surface area contributed by atoms with E-state index in [4.69, 9.17) is 4.74 Å². The topological polar surface area (TPSA) is 45.3 Å². The minimum Gasteiger partial charge on any atom is -0.497 e. The molecule has 0 radical (unpaired) electrons. The highest BCUT2D eigenvalue weighted by Gasteiger charge is 2.17. The van der Waals surface area contributed by atoms with Gasteiger partial charge in [0.2, 0.25) is 5.91 Å². The van der Waals surface area contributed by atoms with Crippen LogP contribution in [0.1, 0.15) is 17.5 Å². The number of amides is 1. The van der Waals surface area contributed by atoms with Gasteiger partial charge in [0, 0.05) is 42.2 Å². The normalized spacial score (nSPS) is 10.9. The van der Waals surface area contributed by atoms with Gasteiger partial charge in [0.15, 0.2) is 0 Å². The maximum Gasteiger partial charge on any atom is 0.222 e. The zero-order valence-corrected chi connectivity index (χ0v) is 17.7. The van der Waals surface area contributed by atoms with Crippen molar-refractivity contribution in [3.8, 4) is 17.0 Å². The number of carbonyl (C=O) groups is 1. The van der Waals surface area contributed by atoms with Crippen molar-refractivity contribution in [1.82, 2.24) is 9.88 Å². The fraction of sp³-hybridized carbons (Fsp3) is 0.192. The van der Waals surface area contributed by atoms with Gasteiger partial charge in [0.1, 0.15) is 11.6 Å². The highest BCUT2D eigenvalue weighted by molar-refractivity contribution is 5.91. The average molecular weight is 416 g/mol. The number of rotatable bonds is 7. The fourth-order valence-corrected chi connectivity index (χ4v) is 3.86. The summed E-state index contributed by atoms with van der Waals surface area (Å²) in [6.45, 7) is 0.255. The average Bonchev–Trinajstić information content (AvgIpc) is 3.17. The SMILES string of the molecule is COc1ccc(-c2[nH]c3ccccc3c2CCC(=O)N(C)Cc2ccccc2F)cc1. The molecule has 4 aromatic rings. The van der Waals surface area contributed by atoms with Gasteiger partial charge in [-0.2, -0.15) is 0 Å². The van der Waals surface area contributed by atoms with Gasteiger partial charge in [-0.25, -0.2) is 4.39 Å². The summed E-state index contributed by atoms with van der Waals surface area (Å²) in [6.07, 6.45) is 0.932. The van der Waals surface area contributed by atoms with E-state index in [-0.39, 0.29) is 18.3 Å². The van der Waals surface area contributed by atoms with Gasteiger partial charge in [-0.3, -0.25) is 4.79 Å². The summed E-state index contributed by atoms with van der Waals surface area (Å²) in [7, 11) is 3.36. The molecule has 0 atom stereocenters. The lowest BCUT2D eigenvalue weighted by Gasteiger charge is -2.18. The molecule has 1 N–H and O–H groups in total. The molecule has 1 heterocycles. The molecule has 31 heavy (non-hydrogen) atoms. The van der Waals surface area contributed by atoms with Crippen LogP contribution < -0.4 is 4.74 Å². The van der Waals surface area contributed by atoms with Crippen LogP contribution >= 0.6 is 0 Å². The molecule has 1 amide bonds. The molecule has 5 heteroatoms. The lowest BCUT2D eigenvalue weighted by molar-refractivity contribution is -0.130. The predicted octanol–water partition coefficient (Wildman–Crippen LogP) is 5.57. The van der Waals surface area contributed by atoms with Crippen LogP contribution in [0.3, 0.4) is 0 Å². The molecule has 1 aromatic heterocycles. The third kappa shape index (κ3) is 4.45. The van der Waals surface area contributed by atoms with Crippen LogP contribution in [0, 0.1) is 5.82 Å². The van der Waals surface area contributed by atoms with Crippen molar-refractivity contribution in [2.45, 2.75) is 19.4 Å². The number of hydrogen-bond acceptors (Lipinski definition) is 2. The van der Waals surface area contributed by atoms with Crippen LogP contribution in [0.4, 0.5) is 4.39 Å². The summed E-state index contributed by atoms with van der Waals surface area (Å²) in [5.74, 6) is 0.487. The molecule has 0 bridgehead atoms. The third-order valence-electron chi connectivity index (χ3n) is 5.57. The van der Waals surface area contributed by atoms with Crippen molar-refractivity contribution in [3.63, 3.8) is 0 Å². The quantitative estimate of drug-likeness (QED) is 0.428. The summed E-state index contributed by atoms with van der Waals surface area (Å²) in [6, 6.07) is 22.6. The lowest BCUT2D eigenvalue weighted by atomic mass is 10.0. The van der Waals surface area contributed by atoms with Gasteiger partial charge >= 0.3 is 0 Å². The summed E-state index contributed by atoms with van der Waals surface area (Å²) < 4.78 is 19.2. The first-order valence-electron chi connectivity index (χ1n) is 10.3. The number of carbonyl (C=O) groups excluding carboxylic acids is 1. The van der Waals surface area contributed by atoms with E-state index in [9.17, 15) is 9.18 Å². The maximum atomic E-state index is 13.9. The summed E-state index contributed by atoms with van der Waals surface area (Å²) in [5, 5.41) is 1.11. The maximum absolute atomic E-state index is 13.9. The molecule has 0 unspecified atom stereocenters. The number of methoxy groups -OCH3 is 1. The Morgan fingerprint density at radius 3 is 2.45 bits per heavy atom. The Hall–Kier alpha value is -3.60.